The van der Waals surface area contributed by atoms with Crippen LogP contribution in [0.15, 0.2) is 36.2 Å². The van der Waals surface area contributed by atoms with Crippen molar-refractivity contribution in [3.63, 3.8) is 0 Å². The molecule has 1 N–H and O–H groups in total. The third kappa shape index (κ3) is 15.0. The predicted molar refractivity (Wildman–Crippen MR) is 172 cm³/mol. The minimum Gasteiger partial charge on any atom is -0.544 e. The largest absolute Gasteiger partial charge is 0.544 e. The summed E-state index contributed by atoms with van der Waals surface area (Å²) in [5.41, 5.74) is 1.06. The second-order valence-electron chi connectivity index (χ2n) is 12.2. The molecule has 1 atom stereocenters. The molecule has 0 heterocycles. The summed E-state index contributed by atoms with van der Waals surface area (Å²) < 4.78 is 30.3. The van der Waals surface area contributed by atoms with E-state index >= 15 is 0 Å². The molecule has 1 amide bonds. The fourth-order valence-electron chi connectivity index (χ4n) is 4.13. The van der Waals surface area contributed by atoms with E-state index in [2.05, 4.69) is 46.1 Å². The molecule has 0 spiro atoms. The number of benzene rings is 1. The Labute approximate surface area is 246 Å². The number of amides is 1. The maximum atomic E-state index is 13.0. The fourth-order valence-corrected chi connectivity index (χ4v) is 6.55. The summed E-state index contributed by atoms with van der Waals surface area (Å²) in [4.78, 5) is 12.8. The van der Waals surface area contributed by atoms with Gasteiger partial charge in [0.05, 0.1) is 19.3 Å². The van der Waals surface area contributed by atoms with Crippen LogP contribution in [0.1, 0.15) is 111 Å². The Morgan fingerprint density at radius 3 is 1.93 bits per heavy atom. The summed E-state index contributed by atoms with van der Waals surface area (Å²) in [6, 6.07) is 7.77. The summed E-state index contributed by atoms with van der Waals surface area (Å²) in [6.45, 7) is 17.5. The zero-order valence-corrected chi connectivity index (χ0v) is 28.6. The third-order valence-corrected chi connectivity index (χ3v) is 13.7. The number of rotatable bonds is 21. The topological polar surface area (TPSA) is 73.9 Å². The SMILES string of the molecule is CCCCCCCCCCCC(=O)N[C@@H](C=CP(=O)(OCC)OCC)Cc1ccc(O[Si](C)(C)C(C)(C)C)cc1. The first kappa shape index (κ1) is 36.6. The van der Waals surface area contributed by atoms with Gasteiger partial charge >= 0.3 is 7.60 Å². The van der Waals surface area contributed by atoms with Gasteiger partial charge in [0.25, 0.3) is 0 Å². The van der Waals surface area contributed by atoms with Gasteiger partial charge in [0.1, 0.15) is 5.75 Å². The van der Waals surface area contributed by atoms with E-state index < -0.39 is 15.9 Å². The Morgan fingerprint density at radius 1 is 0.900 bits per heavy atom. The molecule has 0 unspecified atom stereocenters. The first-order valence-electron chi connectivity index (χ1n) is 15.5. The van der Waals surface area contributed by atoms with Crippen LogP contribution in [0.5, 0.6) is 5.75 Å². The van der Waals surface area contributed by atoms with Gasteiger partial charge in [-0.2, -0.15) is 0 Å². The van der Waals surface area contributed by atoms with Crippen LogP contribution in [0, 0.1) is 0 Å². The molecule has 0 aliphatic heterocycles. The molecule has 1 aromatic carbocycles. The van der Waals surface area contributed by atoms with Crippen molar-refractivity contribution >= 4 is 21.8 Å². The van der Waals surface area contributed by atoms with Crippen LogP contribution in [0.2, 0.25) is 18.1 Å². The van der Waals surface area contributed by atoms with Gasteiger partial charge in [-0.25, -0.2) is 0 Å². The quantitative estimate of drug-likeness (QED) is 0.0870. The smallest absolute Gasteiger partial charge is 0.353 e. The molecular formula is C32H58NO5PSi. The van der Waals surface area contributed by atoms with Gasteiger partial charge in [-0.3, -0.25) is 9.36 Å². The van der Waals surface area contributed by atoms with Crippen LogP contribution in [0.4, 0.5) is 0 Å². The Morgan fingerprint density at radius 2 is 1.43 bits per heavy atom. The molecule has 230 valence electrons. The summed E-state index contributed by atoms with van der Waals surface area (Å²) in [5, 5.41) is 3.26. The minimum absolute atomic E-state index is 0.0122. The molecule has 1 rings (SSSR count). The average Bonchev–Trinajstić information content (AvgIpc) is 2.87. The average molecular weight is 596 g/mol. The maximum Gasteiger partial charge on any atom is 0.353 e. The van der Waals surface area contributed by atoms with Crippen LogP contribution < -0.4 is 9.74 Å². The van der Waals surface area contributed by atoms with E-state index in [0.29, 0.717) is 12.8 Å². The highest BCUT2D eigenvalue weighted by molar-refractivity contribution is 7.57. The van der Waals surface area contributed by atoms with Gasteiger partial charge in [0.2, 0.25) is 14.2 Å². The molecule has 0 aliphatic rings. The molecule has 40 heavy (non-hydrogen) atoms. The van der Waals surface area contributed by atoms with Crippen LogP contribution in [-0.2, 0) is 24.8 Å². The van der Waals surface area contributed by atoms with Gasteiger partial charge in [-0.15, -0.1) is 0 Å². The first-order valence-corrected chi connectivity index (χ1v) is 20.0. The van der Waals surface area contributed by atoms with Crippen LogP contribution in [-0.4, -0.2) is 33.5 Å². The number of carbonyl (C=O) groups excluding carboxylic acids is 1. The molecule has 1 aromatic rings. The molecular weight excluding hydrogens is 537 g/mol. The van der Waals surface area contributed by atoms with Crippen molar-refractivity contribution in [1.82, 2.24) is 5.32 Å². The van der Waals surface area contributed by atoms with Crippen molar-refractivity contribution in [3.8, 4) is 5.75 Å². The third-order valence-electron chi connectivity index (χ3n) is 7.53. The highest BCUT2D eigenvalue weighted by Crippen LogP contribution is 2.49. The lowest BCUT2D eigenvalue weighted by atomic mass is 10.0. The van der Waals surface area contributed by atoms with Crippen LogP contribution >= 0.6 is 7.60 Å². The zero-order chi connectivity index (χ0) is 30.1. The molecule has 0 saturated heterocycles. The molecule has 0 saturated carbocycles. The van der Waals surface area contributed by atoms with E-state index in [0.717, 1.165) is 24.2 Å². The van der Waals surface area contributed by atoms with Gasteiger partial charge < -0.3 is 18.8 Å². The van der Waals surface area contributed by atoms with Gasteiger partial charge in [-0.1, -0.05) is 97.3 Å². The molecule has 0 bridgehead atoms. The predicted octanol–water partition coefficient (Wildman–Crippen LogP) is 9.80. The van der Waals surface area contributed by atoms with E-state index in [1.807, 2.05) is 24.3 Å². The summed E-state index contributed by atoms with van der Waals surface area (Å²) in [7, 11) is -5.28. The number of hydrogen-bond acceptors (Lipinski definition) is 5. The lowest BCUT2D eigenvalue weighted by Gasteiger charge is -2.36. The summed E-state index contributed by atoms with van der Waals surface area (Å²) >= 11 is 0. The lowest BCUT2D eigenvalue weighted by Crippen LogP contribution is -2.43. The van der Waals surface area contributed by atoms with E-state index in [9.17, 15) is 9.36 Å². The summed E-state index contributed by atoms with van der Waals surface area (Å²) in [5.74, 6) is 2.38. The van der Waals surface area contributed by atoms with E-state index in [4.69, 9.17) is 13.5 Å². The highest BCUT2D eigenvalue weighted by atomic mass is 31.2. The van der Waals surface area contributed by atoms with Gasteiger partial charge in [-0.05, 0) is 62.5 Å². The van der Waals surface area contributed by atoms with Crippen LogP contribution in [0.25, 0.3) is 0 Å². The Hall–Kier alpha value is -1.40. The second kappa shape index (κ2) is 18.9. The van der Waals surface area contributed by atoms with Crippen molar-refractivity contribution in [1.29, 1.82) is 0 Å². The lowest BCUT2D eigenvalue weighted by molar-refractivity contribution is -0.121. The Bertz CT molecular complexity index is 901. The molecule has 0 fully saturated rings. The summed E-state index contributed by atoms with van der Waals surface area (Å²) in [6.07, 6.45) is 13.7. The molecule has 8 heteroatoms. The Kier molecular flexibility index (Phi) is 17.3. The normalized spacial score (nSPS) is 13.5. The zero-order valence-electron chi connectivity index (χ0n) is 26.7. The Balaban J connectivity index is 2.81. The molecule has 0 aliphatic carbocycles. The first-order chi connectivity index (χ1) is 18.9. The number of carbonyl (C=O) groups is 1. The van der Waals surface area contributed by atoms with E-state index in [-0.39, 0.29) is 30.2 Å². The van der Waals surface area contributed by atoms with Gasteiger partial charge in [0.15, 0.2) is 0 Å². The standard InChI is InChI=1S/C32H58NO5PSi/c1-9-12-13-14-15-16-17-18-19-20-31(34)33-29(25-26-39(35,36-10-2)37-11-3)27-28-21-23-30(24-22-28)38-40(7,8)32(4,5)6/h21-26,29H,9-20,27H2,1-8H3,(H,33,34)/t29-/m0/s1. The number of unbranched alkanes of at least 4 members (excludes halogenated alkanes) is 8. The van der Waals surface area contributed by atoms with Crippen molar-refractivity contribution < 1.29 is 22.8 Å². The minimum atomic E-state index is -3.36. The van der Waals surface area contributed by atoms with Crippen molar-refractivity contribution in [3.05, 3.63) is 41.7 Å². The second-order valence-corrected chi connectivity index (χ2v) is 18.8. The van der Waals surface area contributed by atoms with Gasteiger partial charge in [0, 0.05) is 12.2 Å². The molecule has 0 radical (unpaired) electrons. The highest BCUT2D eigenvalue weighted by Gasteiger charge is 2.38. The molecule has 6 nitrogen and oxygen atoms in total. The number of hydrogen-bond donors (Lipinski definition) is 1. The van der Waals surface area contributed by atoms with E-state index in [1.54, 1.807) is 19.9 Å². The number of nitrogens with one attached hydrogen (secondary N) is 1. The monoisotopic (exact) mass is 595 g/mol. The fraction of sp³-hybridized carbons (Fsp3) is 0.719. The molecule has 0 aromatic heterocycles. The van der Waals surface area contributed by atoms with Crippen molar-refractivity contribution in [2.75, 3.05) is 13.2 Å². The van der Waals surface area contributed by atoms with Crippen molar-refractivity contribution in [2.45, 2.75) is 136 Å². The van der Waals surface area contributed by atoms with Crippen molar-refractivity contribution in [2.24, 2.45) is 0 Å². The van der Waals surface area contributed by atoms with Crippen LogP contribution in [0.3, 0.4) is 0 Å². The maximum absolute atomic E-state index is 13.0. The van der Waals surface area contributed by atoms with E-state index in [1.165, 1.54) is 50.8 Å².